The molecule has 0 spiro atoms. The fourth-order valence-corrected chi connectivity index (χ4v) is 2.50. The average molecular weight is 291 g/mol. The molecule has 0 radical (unpaired) electrons. The summed E-state index contributed by atoms with van der Waals surface area (Å²) < 4.78 is 20.9. The van der Waals surface area contributed by atoms with Gasteiger partial charge in [-0.3, -0.25) is 0 Å². The molecule has 1 aromatic carbocycles. The molecule has 1 saturated heterocycles. The molecule has 2 aromatic rings. The Hall–Kier alpha value is -2.18. The highest BCUT2D eigenvalue weighted by Gasteiger charge is 2.20. The van der Waals surface area contributed by atoms with E-state index < -0.39 is 0 Å². The summed E-state index contributed by atoms with van der Waals surface area (Å²) in [5.74, 6) is 0.651. The van der Waals surface area contributed by atoms with Crippen LogP contribution < -0.4 is 9.64 Å². The maximum atomic E-state index is 13.6. The summed E-state index contributed by atoms with van der Waals surface area (Å²) in [7, 11) is 0. The molecule has 6 nitrogen and oxygen atoms in total. The largest absolute Gasteiger partial charge is 0.486 e. The molecule has 1 fully saturated rings. The Morgan fingerprint density at radius 1 is 1.29 bits per heavy atom. The highest BCUT2D eigenvalue weighted by atomic mass is 19.1. The zero-order valence-electron chi connectivity index (χ0n) is 11.9. The Labute approximate surface area is 122 Å². The first-order chi connectivity index (χ1) is 10.2. The van der Waals surface area contributed by atoms with Crippen LogP contribution >= 0.6 is 0 Å². The highest BCUT2D eigenvalue weighted by Crippen LogP contribution is 2.19. The Kier molecular flexibility index (Phi) is 3.98. The second kappa shape index (κ2) is 6.07. The van der Waals surface area contributed by atoms with Gasteiger partial charge in [-0.25, -0.2) is 9.07 Å². The number of aromatic nitrogens is 4. The third-order valence-electron chi connectivity index (χ3n) is 3.50. The SMILES string of the molecule is CC(Cn1nnnc1N1CCCC1)Oc1ccccc1F. The van der Waals surface area contributed by atoms with Crippen molar-refractivity contribution >= 4 is 5.95 Å². The number of tetrazole rings is 1. The van der Waals surface area contributed by atoms with Crippen molar-refractivity contribution in [1.29, 1.82) is 0 Å². The van der Waals surface area contributed by atoms with E-state index in [1.807, 2.05) is 6.92 Å². The van der Waals surface area contributed by atoms with Crippen molar-refractivity contribution in [2.45, 2.75) is 32.4 Å². The zero-order chi connectivity index (χ0) is 14.7. The lowest BCUT2D eigenvalue weighted by Crippen LogP contribution is -2.27. The van der Waals surface area contributed by atoms with E-state index in [2.05, 4.69) is 20.4 Å². The number of para-hydroxylation sites is 1. The molecule has 112 valence electrons. The summed E-state index contributed by atoms with van der Waals surface area (Å²) >= 11 is 0. The van der Waals surface area contributed by atoms with Crippen LogP contribution in [0.5, 0.6) is 5.75 Å². The molecule has 2 heterocycles. The zero-order valence-corrected chi connectivity index (χ0v) is 11.9. The van der Waals surface area contributed by atoms with Gasteiger partial charge in [-0.1, -0.05) is 17.2 Å². The van der Waals surface area contributed by atoms with Crippen LogP contribution in [0, 0.1) is 5.82 Å². The maximum Gasteiger partial charge on any atom is 0.245 e. The van der Waals surface area contributed by atoms with Gasteiger partial charge in [-0.15, -0.1) is 0 Å². The van der Waals surface area contributed by atoms with Crippen molar-refractivity contribution in [2.24, 2.45) is 0 Å². The predicted molar refractivity (Wildman–Crippen MR) is 75.8 cm³/mol. The summed E-state index contributed by atoms with van der Waals surface area (Å²) in [4.78, 5) is 2.16. The highest BCUT2D eigenvalue weighted by molar-refractivity contribution is 5.29. The summed E-state index contributed by atoms with van der Waals surface area (Å²) in [5.41, 5.74) is 0. The molecular weight excluding hydrogens is 273 g/mol. The van der Waals surface area contributed by atoms with E-state index in [0.29, 0.717) is 6.54 Å². The number of rotatable bonds is 5. The number of hydrogen-bond acceptors (Lipinski definition) is 5. The first-order valence-electron chi connectivity index (χ1n) is 7.16. The number of halogens is 1. The summed E-state index contributed by atoms with van der Waals surface area (Å²) in [6, 6.07) is 6.39. The molecule has 0 saturated carbocycles. The summed E-state index contributed by atoms with van der Waals surface area (Å²) in [6.45, 7) is 4.31. The van der Waals surface area contributed by atoms with Crippen LogP contribution in [0.1, 0.15) is 19.8 Å². The van der Waals surface area contributed by atoms with Gasteiger partial charge in [0.05, 0.1) is 6.54 Å². The van der Waals surface area contributed by atoms with Gasteiger partial charge in [0.25, 0.3) is 0 Å². The van der Waals surface area contributed by atoms with Gasteiger partial charge in [0.2, 0.25) is 5.95 Å². The molecule has 1 aliphatic rings. The number of benzene rings is 1. The van der Waals surface area contributed by atoms with Gasteiger partial charge in [0, 0.05) is 13.1 Å². The third kappa shape index (κ3) is 3.12. The predicted octanol–water partition coefficient (Wildman–Crippen LogP) is 1.88. The van der Waals surface area contributed by atoms with Gasteiger partial charge >= 0.3 is 0 Å². The minimum atomic E-state index is -0.360. The molecule has 0 N–H and O–H groups in total. The quantitative estimate of drug-likeness (QED) is 0.842. The van der Waals surface area contributed by atoms with E-state index >= 15 is 0 Å². The van der Waals surface area contributed by atoms with Crippen molar-refractivity contribution in [3.63, 3.8) is 0 Å². The van der Waals surface area contributed by atoms with Crippen LogP contribution in [0.4, 0.5) is 10.3 Å². The van der Waals surface area contributed by atoms with Crippen molar-refractivity contribution in [2.75, 3.05) is 18.0 Å². The smallest absolute Gasteiger partial charge is 0.245 e. The fraction of sp³-hybridized carbons (Fsp3) is 0.500. The van der Waals surface area contributed by atoms with Crippen LogP contribution in [-0.2, 0) is 6.54 Å². The lowest BCUT2D eigenvalue weighted by Gasteiger charge is -2.19. The minimum absolute atomic E-state index is 0.230. The molecule has 1 aliphatic heterocycles. The first-order valence-corrected chi connectivity index (χ1v) is 7.16. The fourth-order valence-electron chi connectivity index (χ4n) is 2.50. The Bertz CT molecular complexity index is 597. The maximum absolute atomic E-state index is 13.6. The number of hydrogen-bond donors (Lipinski definition) is 0. The normalized spacial score (nSPS) is 16.2. The molecule has 0 aliphatic carbocycles. The van der Waals surface area contributed by atoms with Gasteiger partial charge < -0.3 is 9.64 Å². The van der Waals surface area contributed by atoms with E-state index in [4.69, 9.17) is 4.74 Å². The average Bonchev–Trinajstić information content (AvgIpc) is 3.11. The van der Waals surface area contributed by atoms with Crippen LogP contribution in [0.15, 0.2) is 24.3 Å². The lowest BCUT2D eigenvalue weighted by molar-refractivity contribution is 0.185. The second-order valence-electron chi connectivity index (χ2n) is 5.21. The topological polar surface area (TPSA) is 56.1 Å². The van der Waals surface area contributed by atoms with Gasteiger partial charge in [-0.2, -0.15) is 0 Å². The first kappa shape index (κ1) is 13.8. The van der Waals surface area contributed by atoms with Crippen molar-refractivity contribution in [3.8, 4) is 5.75 Å². The Morgan fingerprint density at radius 2 is 2.05 bits per heavy atom. The standard InChI is InChI=1S/C14H18FN5O/c1-11(21-13-7-3-2-6-12(13)15)10-20-14(16-17-18-20)19-8-4-5-9-19/h2-3,6-7,11H,4-5,8-10H2,1H3. The molecule has 3 rings (SSSR count). The summed E-state index contributed by atoms with van der Waals surface area (Å²) in [5, 5.41) is 11.8. The number of nitrogens with zero attached hydrogens (tertiary/aromatic N) is 5. The third-order valence-corrected chi connectivity index (χ3v) is 3.50. The van der Waals surface area contributed by atoms with E-state index in [-0.39, 0.29) is 17.7 Å². The van der Waals surface area contributed by atoms with Crippen molar-refractivity contribution in [1.82, 2.24) is 20.2 Å². The Balaban J connectivity index is 1.66. The molecule has 1 unspecified atom stereocenters. The van der Waals surface area contributed by atoms with E-state index in [1.54, 1.807) is 22.9 Å². The van der Waals surface area contributed by atoms with E-state index in [0.717, 1.165) is 31.9 Å². The van der Waals surface area contributed by atoms with Crippen LogP contribution in [0.25, 0.3) is 0 Å². The lowest BCUT2D eigenvalue weighted by atomic mass is 10.3. The molecule has 1 atom stereocenters. The summed E-state index contributed by atoms with van der Waals surface area (Å²) in [6.07, 6.45) is 2.09. The number of ether oxygens (including phenoxy) is 1. The molecule has 0 bridgehead atoms. The monoisotopic (exact) mass is 291 g/mol. The number of anilines is 1. The molecule has 21 heavy (non-hydrogen) atoms. The Morgan fingerprint density at radius 3 is 2.81 bits per heavy atom. The van der Waals surface area contributed by atoms with Crippen LogP contribution in [0.3, 0.4) is 0 Å². The van der Waals surface area contributed by atoms with E-state index in [1.165, 1.54) is 6.07 Å². The van der Waals surface area contributed by atoms with E-state index in [9.17, 15) is 4.39 Å². The molecule has 0 amide bonds. The van der Waals surface area contributed by atoms with Crippen LogP contribution in [-0.4, -0.2) is 39.4 Å². The van der Waals surface area contributed by atoms with Crippen molar-refractivity contribution in [3.05, 3.63) is 30.1 Å². The van der Waals surface area contributed by atoms with Gasteiger partial charge in [0.1, 0.15) is 6.10 Å². The second-order valence-corrected chi connectivity index (χ2v) is 5.21. The molecule has 7 heteroatoms. The molecule has 1 aromatic heterocycles. The van der Waals surface area contributed by atoms with Gasteiger partial charge in [-0.05, 0) is 42.3 Å². The van der Waals surface area contributed by atoms with Gasteiger partial charge in [0.15, 0.2) is 11.6 Å². The molecular formula is C14H18FN5O. The minimum Gasteiger partial charge on any atom is -0.486 e. The van der Waals surface area contributed by atoms with Crippen LogP contribution in [0.2, 0.25) is 0 Å². The van der Waals surface area contributed by atoms with Crippen molar-refractivity contribution < 1.29 is 9.13 Å².